The van der Waals surface area contributed by atoms with Crippen LogP contribution >= 0.6 is 0 Å². The van der Waals surface area contributed by atoms with E-state index >= 15 is 0 Å². The molecule has 2 atom stereocenters. The third-order valence-electron chi connectivity index (χ3n) is 2.72. The minimum absolute atomic E-state index is 0.119. The summed E-state index contributed by atoms with van der Waals surface area (Å²) >= 11 is 0. The van der Waals surface area contributed by atoms with Gasteiger partial charge in [-0.1, -0.05) is 13.8 Å². The molecule has 1 heterocycles. The fourth-order valence-corrected chi connectivity index (χ4v) is 1.36. The van der Waals surface area contributed by atoms with Crippen molar-refractivity contribution in [1.82, 2.24) is 20.1 Å². The van der Waals surface area contributed by atoms with Gasteiger partial charge in [-0.15, -0.1) is 0 Å². The number of aliphatic hydroxyl groups is 1. The fraction of sp³-hybridized carbons (Fsp3) is 0.727. The van der Waals surface area contributed by atoms with Gasteiger partial charge in [0.1, 0.15) is 18.7 Å². The average Bonchev–Trinajstić information content (AvgIpc) is 2.80. The second-order valence-corrected chi connectivity index (χ2v) is 4.44. The topological polar surface area (TPSA) is 80.0 Å². The van der Waals surface area contributed by atoms with Crippen LogP contribution in [0.25, 0.3) is 0 Å². The highest BCUT2D eigenvalue weighted by Gasteiger charge is 2.15. The van der Waals surface area contributed by atoms with Gasteiger partial charge < -0.3 is 10.4 Å². The normalized spacial score (nSPS) is 14.6. The molecule has 0 spiro atoms. The summed E-state index contributed by atoms with van der Waals surface area (Å²) in [7, 11) is 0. The lowest BCUT2D eigenvalue weighted by molar-refractivity contribution is -0.124. The van der Waals surface area contributed by atoms with Crippen molar-refractivity contribution in [3.8, 4) is 0 Å². The Morgan fingerprint density at radius 1 is 1.47 bits per heavy atom. The number of hydrogen-bond acceptors (Lipinski definition) is 4. The fourth-order valence-electron chi connectivity index (χ4n) is 1.36. The van der Waals surface area contributed by atoms with Gasteiger partial charge in [0.25, 0.3) is 0 Å². The Morgan fingerprint density at radius 3 is 2.71 bits per heavy atom. The number of nitrogens with one attached hydrogen (secondary N) is 1. The highest BCUT2D eigenvalue weighted by Crippen LogP contribution is 2.05. The number of aliphatic hydroxyl groups excluding tert-OH is 1. The zero-order valence-electron chi connectivity index (χ0n) is 10.5. The van der Waals surface area contributed by atoms with Crippen molar-refractivity contribution in [3.05, 3.63) is 12.7 Å². The van der Waals surface area contributed by atoms with Crippen LogP contribution in [0.4, 0.5) is 0 Å². The number of carbonyl (C=O) groups excluding carboxylic acids is 1. The van der Waals surface area contributed by atoms with Gasteiger partial charge in [0.15, 0.2) is 0 Å². The van der Waals surface area contributed by atoms with E-state index in [2.05, 4.69) is 15.4 Å². The molecule has 0 bridgehead atoms. The van der Waals surface area contributed by atoms with Crippen LogP contribution < -0.4 is 5.32 Å². The van der Waals surface area contributed by atoms with Crippen molar-refractivity contribution in [3.63, 3.8) is 0 Å². The molecule has 1 rings (SSSR count). The van der Waals surface area contributed by atoms with Gasteiger partial charge >= 0.3 is 0 Å². The number of amides is 1. The highest BCUT2D eigenvalue weighted by atomic mass is 16.3. The summed E-state index contributed by atoms with van der Waals surface area (Å²) in [6.45, 7) is 6.12. The molecule has 0 saturated heterocycles. The van der Waals surface area contributed by atoms with Crippen molar-refractivity contribution in [2.45, 2.75) is 39.3 Å². The summed E-state index contributed by atoms with van der Waals surface area (Å²) in [5.74, 6) is 0.0890. The number of hydrogen-bond donors (Lipinski definition) is 2. The molecule has 2 unspecified atom stereocenters. The van der Waals surface area contributed by atoms with E-state index in [1.807, 2.05) is 13.8 Å². The first-order valence-corrected chi connectivity index (χ1v) is 5.82. The molecule has 1 aromatic heterocycles. The molecule has 0 aliphatic carbocycles. The summed E-state index contributed by atoms with van der Waals surface area (Å²) in [5.41, 5.74) is 0. The van der Waals surface area contributed by atoms with Gasteiger partial charge in [-0.3, -0.25) is 4.79 Å². The quantitative estimate of drug-likeness (QED) is 0.752. The van der Waals surface area contributed by atoms with Gasteiger partial charge in [-0.05, 0) is 19.3 Å². The van der Waals surface area contributed by atoms with E-state index < -0.39 is 0 Å². The molecule has 96 valence electrons. The molecule has 0 saturated carbocycles. The molecule has 6 nitrogen and oxygen atoms in total. The van der Waals surface area contributed by atoms with Crippen molar-refractivity contribution < 1.29 is 9.90 Å². The van der Waals surface area contributed by atoms with Gasteiger partial charge in [-0.2, -0.15) is 5.10 Å². The Labute approximate surface area is 101 Å². The molecule has 0 aliphatic rings. The molecule has 2 N–H and O–H groups in total. The Kier molecular flexibility index (Phi) is 5.09. The smallest absolute Gasteiger partial charge is 0.244 e. The van der Waals surface area contributed by atoms with Crippen LogP contribution in [0.15, 0.2) is 12.7 Å². The van der Waals surface area contributed by atoms with E-state index in [1.54, 1.807) is 6.92 Å². The van der Waals surface area contributed by atoms with Crippen molar-refractivity contribution in [1.29, 1.82) is 0 Å². The molecule has 6 heteroatoms. The van der Waals surface area contributed by atoms with E-state index in [1.165, 1.54) is 17.3 Å². The summed E-state index contributed by atoms with van der Waals surface area (Å²) in [4.78, 5) is 15.5. The second kappa shape index (κ2) is 6.34. The van der Waals surface area contributed by atoms with E-state index in [4.69, 9.17) is 0 Å². The zero-order valence-corrected chi connectivity index (χ0v) is 10.5. The maximum Gasteiger partial charge on any atom is 0.244 e. The monoisotopic (exact) mass is 240 g/mol. The number of nitrogens with zero attached hydrogens (tertiary/aromatic N) is 3. The first-order valence-electron chi connectivity index (χ1n) is 5.82. The summed E-state index contributed by atoms with van der Waals surface area (Å²) in [5, 5.41) is 16.3. The van der Waals surface area contributed by atoms with Gasteiger partial charge in [0.05, 0.1) is 6.10 Å². The standard InChI is InChI=1S/C11H20N4O2/c1-8(2)10(16)4-5-13-11(17)9(3)15-7-12-6-14-15/h6-10,16H,4-5H2,1-3H3,(H,13,17). The van der Waals surface area contributed by atoms with Crippen LogP contribution in [-0.2, 0) is 4.79 Å². The van der Waals surface area contributed by atoms with Gasteiger partial charge in [0, 0.05) is 6.54 Å². The van der Waals surface area contributed by atoms with Crippen LogP contribution in [0.1, 0.15) is 33.2 Å². The predicted molar refractivity (Wildman–Crippen MR) is 63.2 cm³/mol. The summed E-state index contributed by atoms with van der Waals surface area (Å²) in [6, 6.07) is -0.381. The third-order valence-corrected chi connectivity index (χ3v) is 2.72. The molecular formula is C11H20N4O2. The average molecular weight is 240 g/mol. The first-order chi connectivity index (χ1) is 8.02. The maximum atomic E-state index is 11.7. The molecule has 0 aromatic carbocycles. The molecule has 0 radical (unpaired) electrons. The molecular weight excluding hydrogens is 220 g/mol. The molecule has 0 aliphatic heterocycles. The Morgan fingerprint density at radius 2 is 2.18 bits per heavy atom. The van der Waals surface area contributed by atoms with Crippen molar-refractivity contribution in [2.75, 3.05) is 6.54 Å². The van der Waals surface area contributed by atoms with E-state index in [9.17, 15) is 9.90 Å². The Hall–Kier alpha value is -1.43. The third kappa shape index (κ3) is 4.14. The Bertz CT molecular complexity index is 337. The molecule has 0 fully saturated rings. The van der Waals surface area contributed by atoms with Gasteiger partial charge in [-0.25, -0.2) is 9.67 Å². The minimum atomic E-state index is -0.381. The van der Waals surface area contributed by atoms with Crippen LogP contribution in [0, 0.1) is 5.92 Å². The Balaban J connectivity index is 2.30. The van der Waals surface area contributed by atoms with E-state index in [0.717, 1.165) is 0 Å². The van der Waals surface area contributed by atoms with Crippen LogP contribution in [0.2, 0.25) is 0 Å². The maximum absolute atomic E-state index is 11.7. The summed E-state index contributed by atoms with van der Waals surface area (Å²) < 4.78 is 1.49. The lowest BCUT2D eigenvalue weighted by atomic mass is 10.0. The lowest BCUT2D eigenvalue weighted by Gasteiger charge is -2.16. The van der Waals surface area contributed by atoms with Crippen molar-refractivity contribution >= 4 is 5.91 Å². The predicted octanol–water partition coefficient (Wildman–Crippen LogP) is 0.362. The van der Waals surface area contributed by atoms with Crippen molar-refractivity contribution in [2.24, 2.45) is 5.92 Å². The SMILES string of the molecule is CC(C)C(O)CCNC(=O)C(C)n1cncn1. The largest absolute Gasteiger partial charge is 0.393 e. The highest BCUT2D eigenvalue weighted by molar-refractivity contribution is 5.79. The lowest BCUT2D eigenvalue weighted by Crippen LogP contribution is -2.34. The van der Waals surface area contributed by atoms with Crippen LogP contribution in [0.3, 0.4) is 0 Å². The molecule has 1 aromatic rings. The van der Waals surface area contributed by atoms with E-state index in [0.29, 0.717) is 13.0 Å². The number of carbonyl (C=O) groups is 1. The molecule has 17 heavy (non-hydrogen) atoms. The first kappa shape index (κ1) is 13.6. The zero-order chi connectivity index (χ0) is 12.8. The molecule has 1 amide bonds. The number of rotatable bonds is 6. The van der Waals surface area contributed by atoms with Crippen LogP contribution in [-0.4, -0.2) is 38.4 Å². The van der Waals surface area contributed by atoms with Gasteiger partial charge in [0.2, 0.25) is 5.91 Å². The summed E-state index contributed by atoms with van der Waals surface area (Å²) in [6.07, 6.45) is 3.09. The van der Waals surface area contributed by atoms with Crippen LogP contribution in [0.5, 0.6) is 0 Å². The number of aromatic nitrogens is 3. The second-order valence-electron chi connectivity index (χ2n) is 4.44. The van der Waals surface area contributed by atoms with E-state index in [-0.39, 0.29) is 24.0 Å². The minimum Gasteiger partial charge on any atom is -0.393 e.